The average Bonchev–Trinajstić information content (AvgIpc) is 3.30. The summed E-state index contributed by atoms with van der Waals surface area (Å²) in [6.07, 6.45) is 5.13. The molecule has 0 heterocycles. The first-order valence-electron chi connectivity index (χ1n) is 12.3. The fourth-order valence-electron chi connectivity index (χ4n) is 6.12. The molecular formula is C32H30P2. The Kier molecular flexibility index (Phi) is 5.99. The minimum absolute atomic E-state index is 0.314. The van der Waals surface area contributed by atoms with Crippen molar-refractivity contribution in [3.8, 4) is 0 Å². The maximum Gasteiger partial charge on any atom is 0.0187 e. The molecule has 1 saturated carbocycles. The van der Waals surface area contributed by atoms with E-state index in [1.807, 2.05) is 0 Å². The van der Waals surface area contributed by atoms with Gasteiger partial charge in [0.1, 0.15) is 0 Å². The average molecular weight is 477 g/mol. The van der Waals surface area contributed by atoms with E-state index >= 15 is 0 Å². The Balaban J connectivity index is 1.45. The summed E-state index contributed by atoms with van der Waals surface area (Å²) in [5.74, 6) is 0. The smallest absolute Gasteiger partial charge is 0.0187 e. The molecule has 2 aliphatic carbocycles. The van der Waals surface area contributed by atoms with Crippen LogP contribution in [0.25, 0.3) is 0 Å². The highest BCUT2D eigenvalue weighted by atomic mass is 31.1. The van der Waals surface area contributed by atoms with Crippen molar-refractivity contribution < 1.29 is 0 Å². The summed E-state index contributed by atoms with van der Waals surface area (Å²) in [7, 11) is -0.883. The molecule has 2 heteroatoms. The van der Waals surface area contributed by atoms with E-state index in [0.717, 1.165) is 0 Å². The zero-order valence-electron chi connectivity index (χ0n) is 19.6. The molecule has 0 bridgehead atoms. The maximum absolute atomic E-state index is 2.60. The Hall–Kier alpha value is -2.52. The predicted octanol–water partition coefficient (Wildman–Crippen LogP) is 6.73. The van der Waals surface area contributed by atoms with Gasteiger partial charge in [-0.05, 0) is 55.6 Å². The van der Waals surface area contributed by atoms with Crippen LogP contribution in [0.1, 0.15) is 19.8 Å². The minimum Gasteiger partial charge on any atom is -0.0840 e. The van der Waals surface area contributed by atoms with Crippen molar-refractivity contribution in [3.05, 3.63) is 133 Å². The van der Waals surface area contributed by atoms with Crippen LogP contribution in [-0.4, -0.2) is 11.3 Å². The van der Waals surface area contributed by atoms with Crippen molar-refractivity contribution in [1.29, 1.82) is 0 Å². The summed E-state index contributed by atoms with van der Waals surface area (Å²) in [4.78, 5) is 0. The summed E-state index contributed by atoms with van der Waals surface area (Å²) >= 11 is 0. The SMILES string of the molecule is C[C@@H](P(c1ccccc1)c1ccccc1)C12CCC=C1[C@@H]2P(c1ccccc1)c1ccccc1. The second-order valence-electron chi connectivity index (χ2n) is 9.40. The van der Waals surface area contributed by atoms with Gasteiger partial charge in [0.15, 0.2) is 0 Å². The summed E-state index contributed by atoms with van der Waals surface area (Å²) in [6.45, 7) is 2.56. The highest BCUT2D eigenvalue weighted by Gasteiger charge is 2.67. The van der Waals surface area contributed by atoms with E-state index in [1.165, 1.54) is 34.1 Å². The molecule has 4 aromatic rings. The van der Waals surface area contributed by atoms with E-state index in [2.05, 4.69) is 134 Å². The Labute approximate surface area is 206 Å². The van der Waals surface area contributed by atoms with Crippen molar-refractivity contribution in [1.82, 2.24) is 0 Å². The van der Waals surface area contributed by atoms with E-state index in [9.17, 15) is 0 Å². The number of hydrogen-bond donors (Lipinski definition) is 0. The fourth-order valence-corrected chi connectivity index (χ4v) is 12.7. The van der Waals surface area contributed by atoms with Gasteiger partial charge in [-0.15, -0.1) is 0 Å². The second-order valence-corrected chi connectivity index (χ2v) is 14.2. The third kappa shape index (κ3) is 3.69. The molecule has 0 aromatic heterocycles. The van der Waals surface area contributed by atoms with Crippen LogP contribution in [0.5, 0.6) is 0 Å². The zero-order chi connectivity index (χ0) is 23.0. The van der Waals surface area contributed by atoms with Crippen molar-refractivity contribution in [2.75, 3.05) is 0 Å². The van der Waals surface area contributed by atoms with Crippen LogP contribution in [0.15, 0.2) is 133 Å². The van der Waals surface area contributed by atoms with Gasteiger partial charge in [0.25, 0.3) is 0 Å². The highest BCUT2D eigenvalue weighted by Crippen LogP contribution is 2.77. The Morgan fingerprint density at radius 1 is 0.618 bits per heavy atom. The molecule has 6 rings (SSSR count). The number of hydrogen-bond acceptors (Lipinski definition) is 0. The van der Waals surface area contributed by atoms with Crippen LogP contribution in [0, 0.1) is 5.41 Å². The molecule has 0 saturated heterocycles. The first-order valence-corrected chi connectivity index (χ1v) is 15.1. The fraction of sp³-hybridized carbons (Fsp3) is 0.188. The summed E-state index contributed by atoms with van der Waals surface area (Å²) in [6, 6.07) is 45.2. The van der Waals surface area contributed by atoms with Crippen LogP contribution < -0.4 is 21.2 Å². The number of benzene rings is 4. The third-order valence-corrected chi connectivity index (χ3v) is 13.6. The maximum atomic E-state index is 2.60. The second kappa shape index (κ2) is 9.26. The topological polar surface area (TPSA) is 0 Å². The molecule has 1 fully saturated rings. The monoisotopic (exact) mass is 476 g/mol. The standard InChI is InChI=1S/C32H30P2/c1-25(33(26-15-6-2-7-16-26)27-17-8-3-9-18-27)32-24-14-23-30(32)31(32)34(28-19-10-4-11-20-28)29-21-12-5-13-22-29/h2-13,15-23,25,31H,14,24H2,1H3/t25-,31+,32?/m1/s1. The van der Waals surface area contributed by atoms with Crippen LogP contribution in [0.2, 0.25) is 0 Å². The van der Waals surface area contributed by atoms with E-state index in [0.29, 0.717) is 16.7 Å². The van der Waals surface area contributed by atoms with Gasteiger partial charge < -0.3 is 0 Å². The lowest BCUT2D eigenvalue weighted by atomic mass is 10.00. The molecule has 2 aliphatic rings. The lowest BCUT2D eigenvalue weighted by Gasteiger charge is -2.34. The molecule has 168 valence electrons. The van der Waals surface area contributed by atoms with E-state index in [1.54, 1.807) is 5.57 Å². The van der Waals surface area contributed by atoms with Gasteiger partial charge in [-0.3, -0.25) is 0 Å². The van der Waals surface area contributed by atoms with Gasteiger partial charge in [-0.1, -0.05) is 140 Å². The molecular weight excluding hydrogens is 446 g/mol. The number of allylic oxidation sites excluding steroid dienone is 2. The lowest BCUT2D eigenvalue weighted by molar-refractivity contribution is 0.509. The largest absolute Gasteiger partial charge is 0.0840 e. The Morgan fingerprint density at radius 3 is 1.47 bits per heavy atom. The molecule has 0 radical (unpaired) electrons. The van der Waals surface area contributed by atoms with Crippen LogP contribution in [0.4, 0.5) is 0 Å². The van der Waals surface area contributed by atoms with Gasteiger partial charge in [0.2, 0.25) is 0 Å². The number of fused-ring (bicyclic) bond motifs is 1. The predicted molar refractivity (Wildman–Crippen MR) is 151 cm³/mol. The first-order chi connectivity index (χ1) is 16.8. The van der Waals surface area contributed by atoms with Gasteiger partial charge in [0, 0.05) is 11.1 Å². The van der Waals surface area contributed by atoms with E-state index in [4.69, 9.17) is 0 Å². The Bertz CT molecular complexity index is 1190. The van der Waals surface area contributed by atoms with Crippen molar-refractivity contribution >= 4 is 37.1 Å². The summed E-state index contributed by atoms with van der Waals surface area (Å²) in [5.41, 5.74) is 3.31. The molecule has 1 unspecified atom stereocenters. The summed E-state index contributed by atoms with van der Waals surface area (Å²) in [5, 5.41) is 6.04. The minimum atomic E-state index is -0.450. The quantitative estimate of drug-likeness (QED) is 0.205. The van der Waals surface area contributed by atoms with E-state index in [-0.39, 0.29) is 0 Å². The third-order valence-electron chi connectivity index (χ3n) is 7.69. The normalized spacial score (nSPS) is 21.9. The molecule has 3 atom stereocenters. The molecule has 0 N–H and O–H groups in total. The summed E-state index contributed by atoms with van der Waals surface area (Å²) < 4.78 is 0. The lowest BCUT2D eigenvalue weighted by Crippen LogP contribution is -2.30. The van der Waals surface area contributed by atoms with Crippen LogP contribution >= 0.6 is 15.8 Å². The Morgan fingerprint density at radius 2 is 1.03 bits per heavy atom. The van der Waals surface area contributed by atoms with Crippen LogP contribution in [-0.2, 0) is 0 Å². The van der Waals surface area contributed by atoms with Crippen molar-refractivity contribution in [3.63, 3.8) is 0 Å². The molecule has 0 nitrogen and oxygen atoms in total. The van der Waals surface area contributed by atoms with Crippen LogP contribution in [0.3, 0.4) is 0 Å². The van der Waals surface area contributed by atoms with Gasteiger partial charge >= 0.3 is 0 Å². The zero-order valence-corrected chi connectivity index (χ0v) is 21.4. The van der Waals surface area contributed by atoms with E-state index < -0.39 is 15.8 Å². The molecule has 4 aromatic carbocycles. The molecule has 0 spiro atoms. The molecule has 34 heavy (non-hydrogen) atoms. The number of rotatable bonds is 7. The van der Waals surface area contributed by atoms with Crippen molar-refractivity contribution in [2.24, 2.45) is 5.41 Å². The van der Waals surface area contributed by atoms with Gasteiger partial charge in [0.05, 0.1) is 0 Å². The molecule has 0 aliphatic heterocycles. The highest BCUT2D eigenvalue weighted by molar-refractivity contribution is 7.75. The first kappa shape index (κ1) is 22.0. The van der Waals surface area contributed by atoms with Crippen molar-refractivity contribution in [2.45, 2.75) is 31.1 Å². The van der Waals surface area contributed by atoms with Gasteiger partial charge in [-0.25, -0.2) is 0 Å². The van der Waals surface area contributed by atoms with Gasteiger partial charge in [-0.2, -0.15) is 0 Å². The molecule has 0 amide bonds.